The van der Waals surface area contributed by atoms with Gasteiger partial charge in [-0.15, -0.1) is 0 Å². The Morgan fingerprint density at radius 2 is 1.00 bits per heavy atom. The van der Waals surface area contributed by atoms with Crippen molar-refractivity contribution in [2.75, 3.05) is 32.7 Å². The number of hydrogen-bond donors (Lipinski definition) is 1. The van der Waals surface area contributed by atoms with Gasteiger partial charge in [-0.1, -0.05) is 40.0 Å². The molecule has 118 valence electrons. The molecule has 0 aliphatic heterocycles. The minimum absolute atomic E-state index is 0. The predicted molar refractivity (Wildman–Crippen MR) is 82.7 cm³/mol. The van der Waals surface area contributed by atoms with Crippen LogP contribution in [0.25, 0.3) is 0 Å². The summed E-state index contributed by atoms with van der Waals surface area (Å²) >= 11 is 0. The largest absolute Gasteiger partial charge is 1.00 e. The highest BCUT2D eigenvalue weighted by Crippen LogP contribution is 2.16. The molecular weight excluding hydrogens is 256 g/mol. The molecule has 0 amide bonds. The van der Waals surface area contributed by atoms with Crippen LogP contribution in [0.4, 0.5) is 0 Å². The summed E-state index contributed by atoms with van der Waals surface area (Å²) < 4.78 is 1.37. The van der Waals surface area contributed by atoms with E-state index in [0.29, 0.717) is 0 Å². The van der Waals surface area contributed by atoms with E-state index < -0.39 is 0 Å². The van der Waals surface area contributed by atoms with Gasteiger partial charge in [-0.2, -0.15) is 0 Å². The van der Waals surface area contributed by atoms with Crippen LogP contribution in [0, 0.1) is 0 Å². The molecule has 0 atom stereocenters. The fourth-order valence-corrected chi connectivity index (χ4v) is 2.74. The van der Waals surface area contributed by atoms with Crippen LogP contribution in [-0.2, 0) is 0 Å². The van der Waals surface area contributed by atoms with Gasteiger partial charge in [0, 0.05) is 0 Å². The molecule has 0 saturated carbocycles. The fraction of sp³-hybridized carbons (Fsp3) is 1.00. The van der Waals surface area contributed by atoms with Crippen molar-refractivity contribution in [1.82, 2.24) is 0 Å². The Morgan fingerprint density at radius 1 is 0.632 bits per heavy atom. The number of hydrogen-bond acceptors (Lipinski definition) is 1. The Morgan fingerprint density at radius 3 is 1.32 bits per heavy atom. The van der Waals surface area contributed by atoms with Gasteiger partial charge in [-0.25, -0.2) is 0 Å². The molecule has 2 N–H and O–H groups in total. The van der Waals surface area contributed by atoms with Crippen molar-refractivity contribution in [1.29, 1.82) is 0 Å². The van der Waals surface area contributed by atoms with Crippen molar-refractivity contribution in [3.05, 3.63) is 0 Å². The summed E-state index contributed by atoms with van der Waals surface area (Å²) in [7, 11) is 0. The number of halogens is 1. The Balaban J connectivity index is 0. The summed E-state index contributed by atoms with van der Waals surface area (Å²) in [6.07, 6.45) is 10.7. The number of nitrogens with zero attached hydrogens (tertiary/aromatic N) is 1. The maximum absolute atomic E-state index is 5.65. The summed E-state index contributed by atoms with van der Waals surface area (Å²) in [6.45, 7) is 13.3. The lowest BCUT2D eigenvalue weighted by atomic mass is 10.1. The van der Waals surface area contributed by atoms with E-state index in [2.05, 4.69) is 20.8 Å². The van der Waals surface area contributed by atoms with Gasteiger partial charge in [-0.05, 0) is 38.6 Å². The zero-order valence-electron chi connectivity index (χ0n) is 13.6. The van der Waals surface area contributed by atoms with E-state index in [1.165, 1.54) is 82.0 Å². The quantitative estimate of drug-likeness (QED) is 0.397. The van der Waals surface area contributed by atoms with Crippen LogP contribution in [0.3, 0.4) is 0 Å². The number of nitrogens with two attached hydrogens (primary N) is 1. The van der Waals surface area contributed by atoms with Crippen molar-refractivity contribution in [3.8, 4) is 0 Å². The molecule has 0 bridgehead atoms. The summed E-state index contributed by atoms with van der Waals surface area (Å²) in [6, 6.07) is 0. The van der Waals surface area contributed by atoms with E-state index in [4.69, 9.17) is 5.73 Å². The van der Waals surface area contributed by atoms with Gasteiger partial charge in [0.2, 0.25) is 0 Å². The third-order valence-electron chi connectivity index (χ3n) is 4.04. The SMILES string of the molecule is CCCC[N+](CCCC)(CCCC)CCCCN.[Cl-]. The van der Waals surface area contributed by atoms with E-state index >= 15 is 0 Å². The minimum atomic E-state index is 0. The first kappa shape index (κ1) is 21.5. The van der Waals surface area contributed by atoms with Gasteiger partial charge < -0.3 is 22.6 Å². The highest BCUT2D eigenvalue weighted by molar-refractivity contribution is 4.50. The summed E-state index contributed by atoms with van der Waals surface area (Å²) in [5.41, 5.74) is 5.65. The molecule has 0 aromatic carbocycles. The maximum atomic E-state index is 5.65. The second-order valence-electron chi connectivity index (χ2n) is 5.79. The molecule has 0 unspecified atom stereocenters. The van der Waals surface area contributed by atoms with E-state index in [0.717, 1.165) is 6.54 Å². The number of rotatable bonds is 13. The topological polar surface area (TPSA) is 26.0 Å². The maximum Gasteiger partial charge on any atom is 0.0787 e. The predicted octanol–water partition coefficient (Wildman–Crippen LogP) is 0.946. The standard InChI is InChI=1S/C16H37N2.ClH/c1-4-7-13-18(14-8-5-2,15-9-6-3)16-11-10-12-17;/h4-17H2,1-3H3;1H/q+1;/p-1. The molecule has 0 aliphatic carbocycles. The second-order valence-corrected chi connectivity index (χ2v) is 5.79. The van der Waals surface area contributed by atoms with Crippen LogP contribution in [0.1, 0.15) is 72.1 Å². The Bertz CT molecular complexity index is 152. The molecule has 0 heterocycles. The first-order valence-electron chi connectivity index (χ1n) is 8.29. The highest BCUT2D eigenvalue weighted by atomic mass is 35.5. The molecule has 2 nitrogen and oxygen atoms in total. The van der Waals surface area contributed by atoms with Crippen molar-refractivity contribution in [2.24, 2.45) is 5.73 Å². The second kappa shape index (κ2) is 14.6. The first-order valence-corrected chi connectivity index (χ1v) is 8.29. The lowest BCUT2D eigenvalue weighted by Gasteiger charge is -2.39. The number of quaternary nitrogens is 1. The van der Waals surface area contributed by atoms with Crippen LogP contribution < -0.4 is 18.1 Å². The van der Waals surface area contributed by atoms with Crippen molar-refractivity contribution >= 4 is 0 Å². The zero-order chi connectivity index (χ0) is 13.7. The minimum Gasteiger partial charge on any atom is -1.00 e. The molecule has 0 aromatic rings. The molecule has 0 saturated heterocycles. The smallest absolute Gasteiger partial charge is 0.0787 e. The third-order valence-corrected chi connectivity index (χ3v) is 4.04. The van der Waals surface area contributed by atoms with Crippen molar-refractivity contribution in [2.45, 2.75) is 72.1 Å². The van der Waals surface area contributed by atoms with Crippen LogP contribution in [0.2, 0.25) is 0 Å². The first-order chi connectivity index (χ1) is 8.74. The Hall–Kier alpha value is 0.210. The highest BCUT2D eigenvalue weighted by Gasteiger charge is 2.24. The van der Waals surface area contributed by atoms with Gasteiger partial charge in [0.1, 0.15) is 0 Å². The van der Waals surface area contributed by atoms with Crippen molar-refractivity contribution in [3.63, 3.8) is 0 Å². The normalized spacial score (nSPS) is 11.4. The van der Waals surface area contributed by atoms with Gasteiger partial charge in [0.15, 0.2) is 0 Å². The zero-order valence-corrected chi connectivity index (χ0v) is 14.4. The molecule has 0 radical (unpaired) electrons. The van der Waals surface area contributed by atoms with Crippen molar-refractivity contribution < 1.29 is 16.9 Å². The monoisotopic (exact) mass is 292 g/mol. The lowest BCUT2D eigenvalue weighted by molar-refractivity contribution is -0.929. The van der Waals surface area contributed by atoms with Crippen LogP contribution in [0.5, 0.6) is 0 Å². The summed E-state index contributed by atoms with van der Waals surface area (Å²) in [5, 5.41) is 0. The molecular formula is C16H37ClN2. The van der Waals surface area contributed by atoms with Gasteiger partial charge in [0.05, 0.1) is 26.2 Å². The van der Waals surface area contributed by atoms with Gasteiger partial charge in [0.25, 0.3) is 0 Å². The van der Waals surface area contributed by atoms with Crippen LogP contribution >= 0.6 is 0 Å². The fourth-order valence-electron chi connectivity index (χ4n) is 2.74. The average molecular weight is 293 g/mol. The molecule has 3 heteroatoms. The Kier molecular flexibility index (Phi) is 16.5. The molecule has 19 heavy (non-hydrogen) atoms. The molecule has 0 aliphatic rings. The van der Waals surface area contributed by atoms with Gasteiger partial charge >= 0.3 is 0 Å². The van der Waals surface area contributed by atoms with Crippen LogP contribution in [-0.4, -0.2) is 37.2 Å². The summed E-state index contributed by atoms with van der Waals surface area (Å²) in [4.78, 5) is 0. The molecule has 0 rings (SSSR count). The Labute approximate surface area is 128 Å². The van der Waals surface area contributed by atoms with Crippen LogP contribution in [0.15, 0.2) is 0 Å². The average Bonchev–Trinajstić information content (AvgIpc) is 2.40. The number of unbranched alkanes of at least 4 members (excludes halogenated alkanes) is 4. The van der Waals surface area contributed by atoms with E-state index in [9.17, 15) is 0 Å². The molecule has 0 spiro atoms. The molecule has 0 aromatic heterocycles. The van der Waals surface area contributed by atoms with Gasteiger partial charge in [-0.3, -0.25) is 0 Å². The lowest BCUT2D eigenvalue weighted by Crippen LogP contribution is -3.00. The molecule has 0 fully saturated rings. The third kappa shape index (κ3) is 10.6. The van der Waals surface area contributed by atoms with E-state index in [-0.39, 0.29) is 12.4 Å². The van der Waals surface area contributed by atoms with E-state index in [1.54, 1.807) is 0 Å². The van der Waals surface area contributed by atoms with E-state index in [1.807, 2.05) is 0 Å². The summed E-state index contributed by atoms with van der Waals surface area (Å²) in [5.74, 6) is 0.